The molecule has 3 aromatic rings. The van der Waals surface area contributed by atoms with Gasteiger partial charge in [0.25, 0.3) is 11.5 Å². The third-order valence-electron chi connectivity index (χ3n) is 9.56. The van der Waals surface area contributed by atoms with Gasteiger partial charge in [-0.2, -0.15) is 5.26 Å². The molecule has 1 aromatic carbocycles. The number of hydrogen-bond acceptors (Lipinski definition) is 9. The van der Waals surface area contributed by atoms with E-state index in [2.05, 4.69) is 31.6 Å². The lowest BCUT2D eigenvalue weighted by Gasteiger charge is -2.40. The van der Waals surface area contributed by atoms with Gasteiger partial charge in [-0.15, -0.1) is 0 Å². The Morgan fingerprint density at radius 3 is 2.62 bits per heavy atom. The summed E-state index contributed by atoms with van der Waals surface area (Å²) >= 11 is 0. The minimum atomic E-state index is -3.44. The number of pyridine rings is 1. The summed E-state index contributed by atoms with van der Waals surface area (Å²) in [6, 6.07) is 7.30. The van der Waals surface area contributed by atoms with E-state index in [4.69, 9.17) is 4.11 Å². The number of carbonyl (C=O) groups excluding carboxylic acids is 1. The highest BCUT2D eigenvalue weighted by molar-refractivity contribution is 7.91. The van der Waals surface area contributed by atoms with Crippen LogP contribution in [0.25, 0.3) is 11.0 Å². The van der Waals surface area contributed by atoms with Crippen LogP contribution in [-0.4, -0.2) is 71.4 Å². The predicted molar refractivity (Wildman–Crippen MR) is 173 cm³/mol. The molecule has 1 amide bonds. The SMILES string of the molecule is [2H]C([2H])([2H])[C@H]1Nc2nc(C)nc3c2cc(C2(C#N)CCS(=O)(=O)CC2)c(=O)n3CC(=O)NCCCN2CC(CCC(F)(F)c3cccc1c3)C2. The lowest BCUT2D eigenvalue weighted by molar-refractivity contribution is -0.121. The molecule has 0 aliphatic carbocycles. The lowest BCUT2D eigenvalue weighted by atomic mass is 9.77. The number of fused-ring (bicyclic) bond motifs is 8. The maximum absolute atomic E-state index is 15.6. The topological polar surface area (TPSA) is 150 Å². The van der Waals surface area contributed by atoms with Crippen molar-refractivity contribution in [2.24, 2.45) is 5.92 Å². The number of nitrogens with zero attached hydrogens (tertiary/aromatic N) is 5. The number of amides is 1. The molecule has 8 bridgehead atoms. The summed E-state index contributed by atoms with van der Waals surface area (Å²) in [6.45, 7) is 0.524. The summed E-state index contributed by atoms with van der Waals surface area (Å²) in [7, 11) is -3.44. The van der Waals surface area contributed by atoms with E-state index in [1.807, 2.05) is 0 Å². The average molecular weight is 671 g/mol. The van der Waals surface area contributed by atoms with Crippen LogP contribution in [0.15, 0.2) is 35.1 Å². The minimum absolute atomic E-state index is 0.0116. The van der Waals surface area contributed by atoms with Crippen molar-refractivity contribution in [2.75, 3.05) is 43.0 Å². The number of hydrogen-bond donors (Lipinski definition) is 2. The van der Waals surface area contributed by atoms with Gasteiger partial charge < -0.3 is 15.5 Å². The molecule has 0 saturated carbocycles. The van der Waals surface area contributed by atoms with Crippen LogP contribution in [0.3, 0.4) is 0 Å². The highest BCUT2D eigenvalue weighted by Crippen LogP contribution is 2.39. The van der Waals surface area contributed by atoms with Crippen LogP contribution >= 0.6 is 0 Å². The van der Waals surface area contributed by atoms with Gasteiger partial charge in [0.15, 0.2) is 0 Å². The van der Waals surface area contributed by atoms with Gasteiger partial charge in [-0.1, -0.05) is 18.2 Å². The first kappa shape index (κ1) is 29.2. The molecule has 47 heavy (non-hydrogen) atoms. The van der Waals surface area contributed by atoms with Gasteiger partial charge in [0.2, 0.25) is 5.91 Å². The number of aryl methyl sites for hydroxylation is 1. The summed E-state index contributed by atoms with van der Waals surface area (Å²) in [5.74, 6) is -4.20. The van der Waals surface area contributed by atoms with Crippen molar-refractivity contribution in [1.29, 1.82) is 5.26 Å². The van der Waals surface area contributed by atoms with Gasteiger partial charge >= 0.3 is 0 Å². The van der Waals surface area contributed by atoms with Crippen LogP contribution < -0.4 is 16.2 Å². The highest BCUT2D eigenvalue weighted by atomic mass is 32.2. The van der Waals surface area contributed by atoms with Gasteiger partial charge in [0, 0.05) is 47.3 Å². The maximum atomic E-state index is 15.6. The van der Waals surface area contributed by atoms with Crippen molar-refractivity contribution >= 4 is 32.6 Å². The minimum Gasteiger partial charge on any atom is -0.363 e. The molecular weight excluding hydrogens is 628 g/mol. The number of alkyl halides is 2. The lowest BCUT2D eigenvalue weighted by Crippen LogP contribution is -2.47. The van der Waals surface area contributed by atoms with E-state index < -0.39 is 58.5 Å². The second kappa shape index (κ2) is 12.6. The predicted octanol–water partition coefficient (Wildman–Crippen LogP) is 3.57. The molecule has 7 rings (SSSR count). The Hall–Kier alpha value is -3.96. The van der Waals surface area contributed by atoms with Gasteiger partial charge in [-0.3, -0.25) is 14.2 Å². The molecule has 6 heterocycles. The molecule has 4 aliphatic rings. The van der Waals surface area contributed by atoms with E-state index in [1.54, 1.807) is 0 Å². The molecule has 2 fully saturated rings. The van der Waals surface area contributed by atoms with Gasteiger partial charge in [-0.05, 0) is 69.6 Å². The van der Waals surface area contributed by atoms with Gasteiger partial charge in [0.1, 0.15) is 33.7 Å². The van der Waals surface area contributed by atoms with E-state index in [9.17, 15) is 23.3 Å². The van der Waals surface area contributed by atoms with Crippen molar-refractivity contribution in [1.82, 2.24) is 24.8 Å². The fourth-order valence-electron chi connectivity index (χ4n) is 6.75. The number of sulfone groups is 1. The second-order valence-electron chi connectivity index (χ2n) is 12.9. The van der Waals surface area contributed by atoms with Crippen LogP contribution in [-0.2, 0) is 32.5 Å². The highest BCUT2D eigenvalue weighted by Gasteiger charge is 2.42. The fraction of sp³-hybridized carbons (Fsp3) is 0.545. The molecule has 2 saturated heterocycles. The Morgan fingerprint density at radius 1 is 1.13 bits per heavy atom. The quantitative estimate of drug-likeness (QED) is 0.396. The smallest absolute Gasteiger partial charge is 0.273 e. The number of nitriles is 1. The maximum Gasteiger partial charge on any atom is 0.273 e. The third-order valence-corrected chi connectivity index (χ3v) is 11.2. The van der Waals surface area contributed by atoms with Crippen molar-refractivity contribution in [3.8, 4) is 6.07 Å². The van der Waals surface area contributed by atoms with Crippen LogP contribution in [0.5, 0.6) is 0 Å². The molecular formula is C33H39F2N7O4S. The summed E-state index contributed by atoms with van der Waals surface area (Å²) in [4.78, 5) is 38.6. The third kappa shape index (κ3) is 6.73. The number of halogens is 2. The van der Waals surface area contributed by atoms with Crippen LogP contribution in [0, 0.1) is 24.2 Å². The Balaban J connectivity index is 1.53. The number of benzene rings is 1. The van der Waals surface area contributed by atoms with Crippen molar-refractivity contribution in [3.05, 3.63) is 63.2 Å². The Morgan fingerprint density at radius 2 is 1.89 bits per heavy atom. The number of anilines is 1. The molecule has 0 spiro atoms. The summed E-state index contributed by atoms with van der Waals surface area (Å²) < 4.78 is 82.2. The number of nitrogens with one attached hydrogen (secondary N) is 2. The molecule has 2 N–H and O–H groups in total. The summed E-state index contributed by atoms with van der Waals surface area (Å²) in [5.41, 5.74) is -2.55. The molecule has 11 nitrogen and oxygen atoms in total. The van der Waals surface area contributed by atoms with Crippen molar-refractivity contribution < 1.29 is 26.1 Å². The Labute approximate surface area is 276 Å². The largest absolute Gasteiger partial charge is 0.363 e. The number of carbonyl (C=O) groups is 1. The van der Waals surface area contributed by atoms with Crippen LogP contribution in [0.1, 0.15) is 71.6 Å². The zero-order valence-corrected chi connectivity index (χ0v) is 26.9. The van der Waals surface area contributed by atoms with E-state index in [1.165, 1.54) is 37.3 Å². The standard InChI is InChI=1S/C33H39F2N7O4S/c1-21-24-5-3-6-25(15-24)33(34,35)8-7-23-17-41(18-23)12-4-11-37-28(43)19-42-30-26(29(38-21)39-22(2)40-30)16-27(31(42)44)32(20-36)9-13-47(45,46)14-10-32/h3,5-6,15-16,21,23H,4,7-14,17-19H2,1-2H3,(H,37,43)(H,38,39,40)/t21-/m1/s1/i1D3. The van der Waals surface area contributed by atoms with E-state index >= 15 is 8.78 Å². The first-order valence-corrected chi connectivity index (χ1v) is 17.6. The Bertz CT molecular complexity index is 2010. The zero-order valence-electron chi connectivity index (χ0n) is 29.1. The van der Waals surface area contributed by atoms with Gasteiger partial charge in [-0.25, -0.2) is 27.2 Å². The Kier molecular flexibility index (Phi) is 7.81. The molecule has 14 heteroatoms. The first-order chi connectivity index (χ1) is 23.5. The summed E-state index contributed by atoms with van der Waals surface area (Å²) in [6.07, 6.45) is 0.172. The molecule has 250 valence electrons. The molecule has 0 unspecified atom stereocenters. The second-order valence-corrected chi connectivity index (χ2v) is 15.2. The van der Waals surface area contributed by atoms with E-state index in [0.717, 1.165) is 4.57 Å². The fourth-order valence-corrected chi connectivity index (χ4v) is 8.27. The van der Waals surface area contributed by atoms with Crippen molar-refractivity contribution in [2.45, 2.75) is 69.8 Å². The van der Waals surface area contributed by atoms with Gasteiger partial charge in [0.05, 0.1) is 28.4 Å². The van der Waals surface area contributed by atoms with Crippen LogP contribution in [0.2, 0.25) is 0 Å². The summed E-state index contributed by atoms with van der Waals surface area (Å²) in [5, 5.41) is 16.3. The van der Waals surface area contributed by atoms with Crippen LogP contribution in [0.4, 0.5) is 14.6 Å². The number of rotatable bonds is 1. The van der Waals surface area contributed by atoms with E-state index in [0.29, 0.717) is 39.0 Å². The number of aromatic nitrogens is 3. The normalized spacial score (nSPS) is 27.0. The molecule has 0 radical (unpaired) electrons. The zero-order chi connectivity index (χ0) is 36.1. The van der Waals surface area contributed by atoms with Crippen molar-refractivity contribution in [3.63, 3.8) is 0 Å². The molecule has 1 atom stereocenters. The average Bonchev–Trinajstić information content (AvgIpc) is 3.03. The monoisotopic (exact) mass is 670 g/mol. The molecule has 2 aromatic heterocycles. The molecule has 4 aliphatic heterocycles. The van der Waals surface area contributed by atoms with E-state index in [-0.39, 0.29) is 69.6 Å². The first-order valence-electron chi connectivity index (χ1n) is 17.3.